The van der Waals surface area contributed by atoms with E-state index in [2.05, 4.69) is 24.5 Å². The lowest BCUT2D eigenvalue weighted by molar-refractivity contribution is -0.132. The Morgan fingerprint density at radius 1 is 1.35 bits per heavy atom. The third-order valence-electron chi connectivity index (χ3n) is 4.95. The number of thioether (sulfide) groups is 1. The Labute approximate surface area is 144 Å². The van der Waals surface area contributed by atoms with Crippen molar-refractivity contribution in [3.8, 4) is 0 Å². The molecule has 2 heterocycles. The SMILES string of the molecule is CCCCC(=O)N1CCC2(CC1)NC(C(=O)NC(C)CC)CS2. The van der Waals surface area contributed by atoms with E-state index in [0.717, 1.165) is 50.9 Å². The number of nitrogens with one attached hydrogen (secondary N) is 2. The van der Waals surface area contributed by atoms with E-state index in [0.29, 0.717) is 6.42 Å². The maximum absolute atomic E-state index is 12.3. The fraction of sp³-hybridized carbons (Fsp3) is 0.882. The van der Waals surface area contributed by atoms with Crippen LogP contribution in [0, 0.1) is 0 Å². The molecule has 2 N–H and O–H groups in total. The van der Waals surface area contributed by atoms with Crippen LogP contribution in [-0.2, 0) is 9.59 Å². The second-order valence-electron chi connectivity index (χ2n) is 6.80. The van der Waals surface area contributed by atoms with Gasteiger partial charge in [0.05, 0.1) is 10.9 Å². The summed E-state index contributed by atoms with van der Waals surface area (Å²) >= 11 is 1.86. The Hall–Kier alpha value is -0.750. The molecule has 2 rings (SSSR count). The van der Waals surface area contributed by atoms with Gasteiger partial charge < -0.3 is 10.2 Å². The zero-order chi connectivity index (χ0) is 16.9. The van der Waals surface area contributed by atoms with Crippen molar-refractivity contribution in [3.63, 3.8) is 0 Å². The van der Waals surface area contributed by atoms with Gasteiger partial charge in [-0.3, -0.25) is 14.9 Å². The molecule has 23 heavy (non-hydrogen) atoms. The number of amides is 2. The van der Waals surface area contributed by atoms with Gasteiger partial charge in [-0.2, -0.15) is 0 Å². The van der Waals surface area contributed by atoms with Crippen LogP contribution in [0.2, 0.25) is 0 Å². The summed E-state index contributed by atoms with van der Waals surface area (Å²) in [6.07, 6.45) is 5.53. The number of hydrogen-bond donors (Lipinski definition) is 2. The smallest absolute Gasteiger partial charge is 0.238 e. The first-order valence-corrected chi connectivity index (χ1v) is 9.98. The Bertz CT molecular complexity index is 422. The van der Waals surface area contributed by atoms with Gasteiger partial charge >= 0.3 is 0 Å². The van der Waals surface area contributed by atoms with E-state index in [9.17, 15) is 9.59 Å². The molecule has 2 fully saturated rings. The van der Waals surface area contributed by atoms with Crippen LogP contribution in [0.4, 0.5) is 0 Å². The molecule has 2 aliphatic heterocycles. The van der Waals surface area contributed by atoms with E-state index in [-0.39, 0.29) is 28.8 Å². The average Bonchev–Trinajstić information content (AvgIpc) is 2.97. The summed E-state index contributed by atoms with van der Waals surface area (Å²) in [7, 11) is 0. The second kappa shape index (κ2) is 8.38. The average molecular weight is 342 g/mol. The minimum atomic E-state index is -0.101. The molecule has 132 valence electrons. The lowest BCUT2D eigenvalue weighted by atomic mass is 10.0. The van der Waals surface area contributed by atoms with Gasteiger partial charge in [-0.15, -0.1) is 11.8 Å². The number of carbonyl (C=O) groups excluding carboxylic acids is 2. The lowest BCUT2D eigenvalue weighted by Gasteiger charge is -2.39. The van der Waals surface area contributed by atoms with Crippen LogP contribution in [0.1, 0.15) is 59.3 Å². The van der Waals surface area contributed by atoms with Crippen molar-refractivity contribution in [3.05, 3.63) is 0 Å². The van der Waals surface area contributed by atoms with Gasteiger partial charge in [-0.1, -0.05) is 20.3 Å². The van der Waals surface area contributed by atoms with E-state index < -0.39 is 0 Å². The number of unbranched alkanes of at least 4 members (excludes halogenated alkanes) is 1. The van der Waals surface area contributed by atoms with Gasteiger partial charge in [0.1, 0.15) is 0 Å². The van der Waals surface area contributed by atoms with E-state index in [4.69, 9.17) is 0 Å². The molecule has 0 bridgehead atoms. The van der Waals surface area contributed by atoms with Crippen molar-refractivity contribution in [2.45, 2.75) is 76.3 Å². The van der Waals surface area contributed by atoms with Crippen molar-refractivity contribution in [2.24, 2.45) is 0 Å². The van der Waals surface area contributed by atoms with Crippen LogP contribution in [0.3, 0.4) is 0 Å². The molecule has 2 amide bonds. The van der Waals surface area contributed by atoms with Gasteiger partial charge in [0, 0.05) is 31.3 Å². The van der Waals surface area contributed by atoms with Crippen molar-refractivity contribution in [2.75, 3.05) is 18.8 Å². The molecule has 0 radical (unpaired) electrons. The first-order valence-electron chi connectivity index (χ1n) is 8.99. The predicted octanol–water partition coefficient (Wildman–Crippen LogP) is 2.12. The van der Waals surface area contributed by atoms with Crippen LogP contribution in [-0.4, -0.2) is 52.5 Å². The van der Waals surface area contributed by atoms with Crippen LogP contribution < -0.4 is 10.6 Å². The zero-order valence-corrected chi connectivity index (χ0v) is 15.5. The molecule has 5 nitrogen and oxygen atoms in total. The number of hydrogen-bond acceptors (Lipinski definition) is 4. The first-order chi connectivity index (χ1) is 11.0. The highest BCUT2D eigenvalue weighted by atomic mass is 32.2. The van der Waals surface area contributed by atoms with Crippen LogP contribution in [0.15, 0.2) is 0 Å². The van der Waals surface area contributed by atoms with Crippen LogP contribution in [0.25, 0.3) is 0 Å². The molecular formula is C17H31N3O2S. The van der Waals surface area contributed by atoms with Gasteiger partial charge in [0.25, 0.3) is 0 Å². The van der Waals surface area contributed by atoms with Gasteiger partial charge in [-0.25, -0.2) is 0 Å². The lowest BCUT2D eigenvalue weighted by Crippen LogP contribution is -2.55. The van der Waals surface area contributed by atoms with E-state index >= 15 is 0 Å². The minimum Gasteiger partial charge on any atom is -0.352 e. The fourth-order valence-corrected chi connectivity index (χ4v) is 4.54. The normalized spacial score (nSPS) is 24.7. The monoisotopic (exact) mass is 341 g/mol. The fourth-order valence-electron chi connectivity index (χ4n) is 3.12. The summed E-state index contributed by atoms with van der Waals surface area (Å²) in [5, 5.41) is 6.62. The maximum Gasteiger partial charge on any atom is 0.238 e. The zero-order valence-electron chi connectivity index (χ0n) is 14.7. The summed E-state index contributed by atoms with van der Waals surface area (Å²) in [6, 6.07) is 0.125. The number of carbonyl (C=O) groups is 2. The molecule has 0 aromatic heterocycles. The number of nitrogens with zero attached hydrogens (tertiary/aromatic N) is 1. The number of likely N-dealkylation sites (tertiary alicyclic amines) is 1. The molecule has 1 spiro atoms. The van der Waals surface area contributed by atoms with Gasteiger partial charge in [-0.05, 0) is 32.6 Å². The highest BCUT2D eigenvalue weighted by molar-refractivity contribution is 8.01. The Balaban J connectivity index is 1.80. The predicted molar refractivity (Wildman–Crippen MR) is 95.3 cm³/mol. The molecule has 0 aliphatic carbocycles. The van der Waals surface area contributed by atoms with Crippen LogP contribution >= 0.6 is 11.8 Å². The summed E-state index contributed by atoms with van der Waals surface area (Å²) in [4.78, 5) is 26.4. The summed E-state index contributed by atoms with van der Waals surface area (Å²) in [5.74, 6) is 1.23. The van der Waals surface area contributed by atoms with Gasteiger partial charge in [0.2, 0.25) is 11.8 Å². The van der Waals surface area contributed by atoms with E-state index in [1.165, 1.54) is 0 Å². The summed E-state index contributed by atoms with van der Waals surface area (Å²) in [6.45, 7) is 7.84. The first kappa shape index (κ1) is 18.6. The number of rotatable bonds is 6. The molecule has 0 aromatic rings. The Morgan fingerprint density at radius 2 is 2.04 bits per heavy atom. The highest BCUT2D eigenvalue weighted by Crippen LogP contribution is 2.39. The van der Waals surface area contributed by atoms with E-state index in [1.54, 1.807) is 0 Å². The molecule has 6 heteroatoms. The van der Waals surface area contributed by atoms with Crippen molar-refractivity contribution in [1.82, 2.24) is 15.5 Å². The molecular weight excluding hydrogens is 310 g/mol. The third kappa shape index (κ3) is 4.86. The summed E-state index contributed by atoms with van der Waals surface area (Å²) in [5.41, 5.74) is 0. The third-order valence-corrected chi connectivity index (χ3v) is 6.53. The highest BCUT2D eigenvalue weighted by Gasteiger charge is 2.44. The molecule has 2 unspecified atom stereocenters. The minimum absolute atomic E-state index is 0.0149. The molecule has 2 saturated heterocycles. The van der Waals surface area contributed by atoms with Crippen molar-refractivity contribution in [1.29, 1.82) is 0 Å². The number of piperidine rings is 1. The Morgan fingerprint density at radius 3 is 2.65 bits per heavy atom. The van der Waals surface area contributed by atoms with Crippen molar-refractivity contribution >= 4 is 23.6 Å². The topological polar surface area (TPSA) is 61.4 Å². The maximum atomic E-state index is 12.3. The van der Waals surface area contributed by atoms with E-state index in [1.807, 2.05) is 23.6 Å². The van der Waals surface area contributed by atoms with Crippen LogP contribution in [0.5, 0.6) is 0 Å². The quantitative estimate of drug-likeness (QED) is 0.777. The Kier molecular flexibility index (Phi) is 6.77. The van der Waals surface area contributed by atoms with Crippen molar-refractivity contribution < 1.29 is 9.59 Å². The second-order valence-corrected chi connectivity index (χ2v) is 8.21. The molecule has 0 aromatic carbocycles. The summed E-state index contributed by atoms with van der Waals surface area (Å²) < 4.78 is 0. The molecule has 0 saturated carbocycles. The molecule has 2 aliphatic rings. The molecule has 2 atom stereocenters. The largest absolute Gasteiger partial charge is 0.352 e. The van der Waals surface area contributed by atoms with Gasteiger partial charge in [0.15, 0.2) is 0 Å². The standard InChI is InChI=1S/C17H31N3O2S/c1-4-6-7-15(21)20-10-8-17(9-11-20)19-14(12-23-17)16(22)18-13(3)5-2/h13-14,19H,4-12H2,1-3H3,(H,18,22).